The second-order valence-corrected chi connectivity index (χ2v) is 6.20. The third-order valence-corrected chi connectivity index (χ3v) is 4.75. The van der Waals surface area contributed by atoms with Gasteiger partial charge in [0.15, 0.2) is 5.01 Å². The minimum atomic E-state index is -0.208. The quantitative estimate of drug-likeness (QED) is 0.663. The number of carbonyl (C=O) groups excluding carboxylic acids is 1. The maximum atomic E-state index is 13.0. The number of anilines is 1. The maximum absolute atomic E-state index is 13.0. The topological polar surface area (TPSA) is 77.4 Å². The molecule has 7 nitrogen and oxygen atoms in total. The molecule has 0 saturated heterocycles. The third kappa shape index (κ3) is 3.50. The molecule has 8 heteroatoms. The zero-order valence-electron chi connectivity index (χ0n) is 14.7. The van der Waals surface area contributed by atoms with Crippen molar-refractivity contribution < 1.29 is 14.3 Å². The Hall–Kier alpha value is -3.00. The molecule has 26 heavy (non-hydrogen) atoms. The van der Waals surface area contributed by atoms with E-state index in [-0.39, 0.29) is 5.91 Å². The summed E-state index contributed by atoms with van der Waals surface area (Å²) in [7, 11) is 3.09. The molecule has 0 fully saturated rings. The Morgan fingerprint density at radius 2 is 2.04 bits per heavy atom. The summed E-state index contributed by atoms with van der Waals surface area (Å²) < 4.78 is 10.5. The summed E-state index contributed by atoms with van der Waals surface area (Å²) in [5, 5.41) is 9.60. The van der Waals surface area contributed by atoms with Crippen LogP contribution in [-0.4, -0.2) is 41.9 Å². The minimum Gasteiger partial charge on any atom is -0.497 e. The number of hydrogen-bond donors (Lipinski definition) is 0. The van der Waals surface area contributed by atoms with Crippen LogP contribution >= 0.6 is 11.3 Å². The van der Waals surface area contributed by atoms with Gasteiger partial charge >= 0.3 is 0 Å². The monoisotopic (exact) mass is 370 g/mol. The van der Waals surface area contributed by atoms with Crippen molar-refractivity contribution in [3.05, 3.63) is 48.3 Å². The number of ether oxygens (including phenoxy) is 2. The first kappa shape index (κ1) is 17.8. The number of pyridine rings is 1. The first-order valence-corrected chi connectivity index (χ1v) is 8.77. The predicted molar refractivity (Wildman–Crippen MR) is 100 cm³/mol. The summed E-state index contributed by atoms with van der Waals surface area (Å²) in [4.78, 5) is 18.7. The lowest BCUT2D eigenvalue weighted by atomic mass is 10.1. The molecule has 2 heterocycles. The van der Waals surface area contributed by atoms with Crippen LogP contribution in [0.25, 0.3) is 10.6 Å². The Kier molecular flexibility index (Phi) is 5.43. The fourth-order valence-electron chi connectivity index (χ4n) is 2.42. The molecule has 0 spiro atoms. The van der Waals surface area contributed by atoms with Gasteiger partial charge < -0.3 is 9.47 Å². The van der Waals surface area contributed by atoms with E-state index in [4.69, 9.17) is 9.47 Å². The van der Waals surface area contributed by atoms with Gasteiger partial charge in [-0.3, -0.25) is 14.7 Å². The van der Waals surface area contributed by atoms with Crippen LogP contribution in [0.15, 0.2) is 42.7 Å². The molecule has 0 radical (unpaired) electrons. The molecule has 2 aromatic heterocycles. The van der Waals surface area contributed by atoms with Gasteiger partial charge in [0.2, 0.25) is 5.13 Å². The standard InChI is InChI=1S/C18H18N4O3S/c1-4-22(17(23)14-8-7-13(24-2)10-15(14)25-3)18-21-20-16(26-18)12-6-5-9-19-11-12/h5-11H,4H2,1-3H3. The second-order valence-electron chi connectivity index (χ2n) is 5.25. The van der Waals surface area contributed by atoms with Crippen LogP contribution in [-0.2, 0) is 0 Å². The van der Waals surface area contributed by atoms with Crippen LogP contribution in [0.1, 0.15) is 17.3 Å². The van der Waals surface area contributed by atoms with E-state index in [0.717, 1.165) is 5.56 Å². The number of nitrogens with zero attached hydrogens (tertiary/aromatic N) is 4. The molecular weight excluding hydrogens is 352 g/mol. The Morgan fingerprint density at radius 1 is 1.19 bits per heavy atom. The van der Waals surface area contributed by atoms with Crippen LogP contribution < -0.4 is 14.4 Å². The summed E-state index contributed by atoms with van der Waals surface area (Å²) >= 11 is 1.34. The average Bonchev–Trinajstić information content (AvgIpc) is 3.18. The van der Waals surface area contributed by atoms with Gasteiger partial charge in [-0.1, -0.05) is 11.3 Å². The van der Waals surface area contributed by atoms with Gasteiger partial charge in [-0.25, -0.2) is 0 Å². The Balaban J connectivity index is 1.92. The summed E-state index contributed by atoms with van der Waals surface area (Å²) in [6.07, 6.45) is 3.41. The van der Waals surface area contributed by atoms with Crippen LogP contribution in [0.2, 0.25) is 0 Å². The van der Waals surface area contributed by atoms with Crippen molar-refractivity contribution in [3.8, 4) is 22.1 Å². The lowest BCUT2D eigenvalue weighted by Gasteiger charge is -2.19. The summed E-state index contributed by atoms with van der Waals surface area (Å²) in [5.41, 5.74) is 1.30. The SMILES string of the molecule is CCN(C(=O)c1ccc(OC)cc1OC)c1nnc(-c2cccnc2)s1. The van der Waals surface area contributed by atoms with Crippen LogP contribution in [0.5, 0.6) is 11.5 Å². The smallest absolute Gasteiger partial charge is 0.263 e. The number of methoxy groups -OCH3 is 2. The molecule has 0 atom stereocenters. The number of aromatic nitrogens is 3. The summed E-state index contributed by atoms with van der Waals surface area (Å²) in [6, 6.07) is 8.84. The molecule has 1 aromatic carbocycles. The van der Waals surface area contributed by atoms with Gasteiger partial charge in [-0.15, -0.1) is 10.2 Å². The van der Waals surface area contributed by atoms with Gasteiger partial charge in [0.25, 0.3) is 5.91 Å². The van der Waals surface area contributed by atoms with Gasteiger partial charge in [0.1, 0.15) is 11.5 Å². The summed E-state index contributed by atoms with van der Waals surface area (Å²) in [6.45, 7) is 2.34. The molecule has 0 bridgehead atoms. The highest BCUT2D eigenvalue weighted by molar-refractivity contribution is 7.18. The molecular formula is C18H18N4O3S. The predicted octanol–water partition coefficient (Wildman–Crippen LogP) is 3.28. The first-order valence-electron chi connectivity index (χ1n) is 7.95. The summed E-state index contributed by atoms with van der Waals surface area (Å²) in [5.74, 6) is 0.863. The van der Waals surface area contributed by atoms with E-state index in [9.17, 15) is 4.79 Å². The van der Waals surface area contributed by atoms with Crippen molar-refractivity contribution in [3.63, 3.8) is 0 Å². The van der Waals surface area contributed by atoms with E-state index < -0.39 is 0 Å². The molecule has 0 saturated carbocycles. The maximum Gasteiger partial charge on any atom is 0.263 e. The molecule has 0 unspecified atom stereocenters. The van der Waals surface area contributed by atoms with Crippen LogP contribution in [0.4, 0.5) is 5.13 Å². The Bertz CT molecular complexity index is 898. The third-order valence-electron chi connectivity index (χ3n) is 3.75. The zero-order chi connectivity index (χ0) is 18.5. The zero-order valence-corrected chi connectivity index (χ0v) is 15.5. The van der Waals surface area contributed by atoms with Crippen molar-refractivity contribution >= 4 is 22.4 Å². The average molecular weight is 370 g/mol. The lowest BCUT2D eigenvalue weighted by molar-refractivity contribution is 0.0985. The van der Waals surface area contributed by atoms with Crippen molar-refractivity contribution in [2.24, 2.45) is 0 Å². The molecule has 3 aromatic rings. The van der Waals surface area contributed by atoms with Crippen LogP contribution in [0.3, 0.4) is 0 Å². The van der Waals surface area contributed by atoms with Crippen molar-refractivity contribution in [1.29, 1.82) is 0 Å². The van der Waals surface area contributed by atoms with E-state index >= 15 is 0 Å². The van der Waals surface area contributed by atoms with Crippen molar-refractivity contribution in [1.82, 2.24) is 15.2 Å². The van der Waals surface area contributed by atoms with Crippen LogP contribution in [0, 0.1) is 0 Å². The molecule has 134 valence electrons. The molecule has 3 rings (SSSR count). The molecule has 0 aliphatic rings. The minimum absolute atomic E-state index is 0.208. The van der Waals surface area contributed by atoms with Gasteiger partial charge in [0.05, 0.1) is 19.8 Å². The largest absolute Gasteiger partial charge is 0.497 e. The number of benzene rings is 1. The highest BCUT2D eigenvalue weighted by atomic mass is 32.1. The van der Waals surface area contributed by atoms with E-state index in [2.05, 4.69) is 15.2 Å². The molecule has 0 aliphatic carbocycles. The second kappa shape index (κ2) is 7.92. The van der Waals surface area contributed by atoms with Crippen molar-refractivity contribution in [2.75, 3.05) is 25.7 Å². The Morgan fingerprint density at radius 3 is 2.69 bits per heavy atom. The normalized spacial score (nSPS) is 10.4. The molecule has 0 N–H and O–H groups in total. The number of carbonyl (C=O) groups is 1. The van der Waals surface area contributed by atoms with E-state index in [1.54, 1.807) is 42.6 Å². The first-order chi connectivity index (χ1) is 12.7. The van der Waals surface area contributed by atoms with Gasteiger partial charge in [-0.05, 0) is 31.2 Å². The lowest BCUT2D eigenvalue weighted by Crippen LogP contribution is -2.30. The molecule has 0 aliphatic heterocycles. The number of hydrogen-bond acceptors (Lipinski definition) is 7. The van der Waals surface area contributed by atoms with E-state index in [1.807, 2.05) is 19.1 Å². The Labute approximate surface area is 155 Å². The van der Waals surface area contributed by atoms with Crippen molar-refractivity contribution in [2.45, 2.75) is 6.92 Å². The number of amides is 1. The fraction of sp³-hybridized carbons (Fsp3) is 0.222. The van der Waals surface area contributed by atoms with Gasteiger partial charge in [-0.2, -0.15) is 0 Å². The number of rotatable bonds is 6. The molecule has 1 amide bonds. The van der Waals surface area contributed by atoms with E-state index in [0.29, 0.717) is 33.7 Å². The highest BCUT2D eigenvalue weighted by Crippen LogP contribution is 2.31. The van der Waals surface area contributed by atoms with Gasteiger partial charge in [0, 0.05) is 30.6 Å². The van der Waals surface area contributed by atoms with E-state index in [1.165, 1.54) is 18.4 Å². The fourth-order valence-corrected chi connectivity index (χ4v) is 3.31. The highest BCUT2D eigenvalue weighted by Gasteiger charge is 2.23.